The second-order valence-corrected chi connectivity index (χ2v) is 10.0. The molecule has 0 bridgehead atoms. The van der Waals surface area contributed by atoms with Crippen LogP contribution in [0.3, 0.4) is 0 Å². The summed E-state index contributed by atoms with van der Waals surface area (Å²) in [7, 11) is 0. The summed E-state index contributed by atoms with van der Waals surface area (Å²) in [6.07, 6.45) is 9.22. The Morgan fingerprint density at radius 2 is 1.94 bits per heavy atom. The highest BCUT2D eigenvalue weighted by atomic mass is 15.1. The standard InChI is InChI=1S/C28H34N8/c29-24(19-35-13-8-20-3-1-2-4-23(20)18-35)17-32-26-15-21(5-12-31-26)27-33-16-22-9-14-36(28(22)34-27)25-6-10-30-11-7-25/h1-5,9,12,14-16,24-25,30H,6-8,10-11,13,17-19,29H2,(H,31,32). The molecule has 0 aliphatic carbocycles. The number of hydrogen-bond acceptors (Lipinski definition) is 7. The molecular weight excluding hydrogens is 448 g/mol. The summed E-state index contributed by atoms with van der Waals surface area (Å²) in [4.78, 5) is 16.6. The van der Waals surface area contributed by atoms with Gasteiger partial charge in [0.2, 0.25) is 0 Å². The average molecular weight is 483 g/mol. The predicted molar refractivity (Wildman–Crippen MR) is 144 cm³/mol. The molecule has 0 radical (unpaired) electrons. The van der Waals surface area contributed by atoms with Crippen LogP contribution in [0.2, 0.25) is 0 Å². The molecule has 36 heavy (non-hydrogen) atoms. The second kappa shape index (κ2) is 10.3. The van der Waals surface area contributed by atoms with E-state index in [-0.39, 0.29) is 6.04 Å². The number of pyridine rings is 1. The normalized spacial score (nSPS) is 17.7. The third-order valence-corrected chi connectivity index (χ3v) is 7.42. The van der Waals surface area contributed by atoms with Crippen molar-refractivity contribution in [1.82, 2.24) is 29.7 Å². The number of fused-ring (bicyclic) bond motifs is 2. The van der Waals surface area contributed by atoms with Crippen LogP contribution >= 0.6 is 0 Å². The van der Waals surface area contributed by atoms with Crippen LogP contribution in [-0.2, 0) is 13.0 Å². The van der Waals surface area contributed by atoms with Crippen molar-refractivity contribution in [2.24, 2.45) is 5.73 Å². The van der Waals surface area contributed by atoms with Crippen molar-refractivity contribution in [2.45, 2.75) is 37.9 Å². The van der Waals surface area contributed by atoms with Crippen molar-refractivity contribution in [3.8, 4) is 11.4 Å². The number of benzene rings is 1. The molecule has 5 heterocycles. The van der Waals surface area contributed by atoms with Gasteiger partial charge in [-0.05, 0) is 61.7 Å². The van der Waals surface area contributed by atoms with Gasteiger partial charge in [-0.3, -0.25) is 4.90 Å². The number of nitrogens with zero attached hydrogens (tertiary/aromatic N) is 5. The largest absolute Gasteiger partial charge is 0.368 e. The first-order valence-corrected chi connectivity index (χ1v) is 13.0. The van der Waals surface area contributed by atoms with Crippen LogP contribution in [0.15, 0.2) is 61.1 Å². The van der Waals surface area contributed by atoms with E-state index in [1.54, 1.807) is 0 Å². The van der Waals surface area contributed by atoms with Crippen molar-refractivity contribution in [3.63, 3.8) is 0 Å². The highest BCUT2D eigenvalue weighted by Gasteiger charge is 2.19. The lowest BCUT2D eigenvalue weighted by Gasteiger charge is -2.30. The Bertz CT molecular complexity index is 1330. The molecule has 0 spiro atoms. The molecule has 6 rings (SSSR count). The Morgan fingerprint density at radius 3 is 2.83 bits per heavy atom. The van der Waals surface area contributed by atoms with E-state index < -0.39 is 0 Å². The third kappa shape index (κ3) is 4.97. The summed E-state index contributed by atoms with van der Waals surface area (Å²) < 4.78 is 2.32. The number of aromatic nitrogens is 4. The van der Waals surface area contributed by atoms with Crippen molar-refractivity contribution in [2.75, 3.05) is 38.0 Å². The molecular formula is C28H34N8. The smallest absolute Gasteiger partial charge is 0.161 e. The van der Waals surface area contributed by atoms with Crippen LogP contribution in [0.25, 0.3) is 22.4 Å². The van der Waals surface area contributed by atoms with E-state index in [4.69, 9.17) is 10.7 Å². The molecule has 4 aromatic rings. The lowest BCUT2D eigenvalue weighted by Crippen LogP contribution is -2.43. The molecule has 1 atom stereocenters. The van der Waals surface area contributed by atoms with E-state index in [9.17, 15) is 0 Å². The molecule has 1 unspecified atom stereocenters. The maximum atomic E-state index is 6.50. The zero-order valence-corrected chi connectivity index (χ0v) is 20.6. The summed E-state index contributed by atoms with van der Waals surface area (Å²) in [6, 6.07) is 15.3. The first kappa shape index (κ1) is 23.1. The number of piperidine rings is 1. The van der Waals surface area contributed by atoms with Crippen molar-refractivity contribution < 1.29 is 0 Å². The second-order valence-electron chi connectivity index (χ2n) is 10.0. The van der Waals surface area contributed by atoms with Crippen LogP contribution in [0, 0.1) is 0 Å². The van der Waals surface area contributed by atoms with Gasteiger partial charge in [-0.2, -0.15) is 0 Å². The molecule has 1 aromatic carbocycles. The van der Waals surface area contributed by atoms with Crippen LogP contribution in [0.4, 0.5) is 5.82 Å². The van der Waals surface area contributed by atoms with Gasteiger partial charge in [0.25, 0.3) is 0 Å². The van der Waals surface area contributed by atoms with Crippen molar-refractivity contribution in [1.29, 1.82) is 0 Å². The summed E-state index contributed by atoms with van der Waals surface area (Å²) >= 11 is 0. The quantitative estimate of drug-likeness (QED) is 0.372. The topological polar surface area (TPSA) is 96.9 Å². The molecule has 4 N–H and O–H groups in total. The van der Waals surface area contributed by atoms with Gasteiger partial charge in [-0.25, -0.2) is 15.0 Å². The fraction of sp³-hybridized carbons (Fsp3) is 0.393. The monoisotopic (exact) mass is 482 g/mol. The van der Waals surface area contributed by atoms with E-state index >= 15 is 0 Å². The number of hydrogen-bond donors (Lipinski definition) is 3. The van der Waals surface area contributed by atoms with E-state index in [0.717, 1.165) is 80.2 Å². The fourth-order valence-electron chi connectivity index (χ4n) is 5.46. The zero-order valence-electron chi connectivity index (χ0n) is 20.6. The molecule has 1 saturated heterocycles. The Hall–Kier alpha value is -3.33. The van der Waals surface area contributed by atoms with E-state index in [1.807, 2.05) is 24.5 Å². The molecule has 2 aliphatic heterocycles. The van der Waals surface area contributed by atoms with Crippen LogP contribution in [0.1, 0.15) is 30.0 Å². The molecule has 8 nitrogen and oxygen atoms in total. The SMILES string of the molecule is NC(CNc1cc(-c2ncc3ccn(C4CCNCC4)c3n2)ccn1)CN1CCc2ccccc2C1. The summed E-state index contributed by atoms with van der Waals surface area (Å²) in [5.74, 6) is 1.52. The number of nitrogens with one attached hydrogen (secondary N) is 2. The van der Waals surface area contributed by atoms with Crippen molar-refractivity contribution in [3.05, 3.63) is 72.2 Å². The van der Waals surface area contributed by atoms with Crippen LogP contribution in [-0.4, -0.2) is 63.2 Å². The molecule has 3 aromatic heterocycles. The minimum Gasteiger partial charge on any atom is -0.368 e. The van der Waals surface area contributed by atoms with E-state index in [2.05, 4.69) is 66.6 Å². The van der Waals surface area contributed by atoms with Gasteiger partial charge in [0.15, 0.2) is 5.82 Å². The molecule has 0 amide bonds. The molecule has 1 fully saturated rings. The first-order chi connectivity index (χ1) is 17.7. The Balaban J connectivity index is 1.11. The van der Waals surface area contributed by atoms with Gasteiger partial charge in [0.05, 0.1) is 0 Å². The predicted octanol–water partition coefficient (Wildman–Crippen LogP) is 3.22. The van der Waals surface area contributed by atoms with Crippen LogP contribution in [0.5, 0.6) is 0 Å². The number of nitrogens with two attached hydrogens (primary N) is 1. The zero-order chi connectivity index (χ0) is 24.3. The Kier molecular flexibility index (Phi) is 6.63. The first-order valence-electron chi connectivity index (χ1n) is 13.0. The fourth-order valence-corrected chi connectivity index (χ4v) is 5.46. The Labute approximate surface area is 212 Å². The molecule has 2 aliphatic rings. The lowest BCUT2D eigenvalue weighted by atomic mass is 9.99. The maximum absolute atomic E-state index is 6.50. The maximum Gasteiger partial charge on any atom is 0.161 e. The van der Waals surface area contributed by atoms with Gasteiger partial charge in [-0.1, -0.05) is 24.3 Å². The Morgan fingerprint density at radius 1 is 1.08 bits per heavy atom. The van der Waals surface area contributed by atoms with E-state index in [1.165, 1.54) is 11.1 Å². The minimum atomic E-state index is 0.0154. The average Bonchev–Trinajstić information content (AvgIpc) is 3.36. The van der Waals surface area contributed by atoms with Crippen LogP contribution < -0.4 is 16.4 Å². The third-order valence-electron chi connectivity index (χ3n) is 7.42. The summed E-state index contributed by atoms with van der Waals surface area (Å²) in [5, 5.41) is 7.95. The molecule has 8 heteroatoms. The summed E-state index contributed by atoms with van der Waals surface area (Å²) in [6.45, 7) is 5.64. The van der Waals surface area contributed by atoms with Gasteiger partial charge in [-0.15, -0.1) is 0 Å². The van der Waals surface area contributed by atoms with Gasteiger partial charge in [0, 0.05) is 67.8 Å². The highest BCUT2D eigenvalue weighted by molar-refractivity contribution is 5.77. The van der Waals surface area contributed by atoms with Gasteiger partial charge >= 0.3 is 0 Å². The van der Waals surface area contributed by atoms with Gasteiger partial charge in [0.1, 0.15) is 11.5 Å². The van der Waals surface area contributed by atoms with Gasteiger partial charge < -0.3 is 20.9 Å². The minimum absolute atomic E-state index is 0.0154. The molecule has 186 valence electrons. The van der Waals surface area contributed by atoms with E-state index in [0.29, 0.717) is 12.6 Å². The highest BCUT2D eigenvalue weighted by Crippen LogP contribution is 2.26. The number of anilines is 1. The summed E-state index contributed by atoms with van der Waals surface area (Å²) in [5.41, 5.74) is 11.3. The molecule has 0 saturated carbocycles. The number of rotatable bonds is 7. The lowest BCUT2D eigenvalue weighted by molar-refractivity contribution is 0.241. The van der Waals surface area contributed by atoms with Crippen molar-refractivity contribution >= 4 is 16.9 Å².